The molecule has 1 saturated heterocycles. The summed E-state index contributed by atoms with van der Waals surface area (Å²) < 4.78 is 5.87. The topological polar surface area (TPSA) is 82.6 Å². The van der Waals surface area contributed by atoms with E-state index in [0.29, 0.717) is 23.8 Å². The van der Waals surface area contributed by atoms with E-state index in [0.717, 1.165) is 27.8 Å². The summed E-state index contributed by atoms with van der Waals surface area (Å²) in [4.78, 5) is 31.5. The number of ketones is 1. The van der Waals surface area contributed by atoms with Gasteiger partial charge in [0.1, 0.15) is 11.5 Å². The van der Waals surface area contributed by atoms with E-state index in [1.165, 1.54) is 4.90 Å². The van der Waals surface area contributed by atoms with Gasteiger partial charge in [-0.05, 0) is 54.8 Å². The molecule has 182 valence electrons. The molecule has 0 spiro atoms. The molecule has 1 aromatic heterocycles. The van der Waals surface area contributed by atoms with E-state index < -0.39 is 17.7 Å². The summed E-state index contributed by atoms with van der Waals surface area (Å²) in [5, 5.41) is 12.4. The summed E-state index contributed by atoms with van der Waals surface area (Å²) in [7, 11) is 0. The molecule has 4 aromatic rings. The second-order valence-electron chi connectivity index (χ2n) is 9.48. The maximum absolute atomic E-state index is 13.4. The van der Waals surface area contributed by atoms with Crippen LogP contribution in [0.25, 0.3) is 16.7 Å². The molecule has 2 heterocycles. The zero-order valence-corrected chi connectivity index (χ0v) is 20.5. The second-order valence-corrected chi connectivity index (χ2v) is 9.48. The first-order chi connectivity index (χ1) is 17.4. The van der Waals surface area contributed by atoms with Crippen LogP contribution in [0, 0.1) is 12.8 Å². The van der Waals surface area contributed by atoms with Gasteiger partial charge in [-0.25, -0.2) is 0 Å². The van der Waals surface area contributed by atoms with E-state index in [2.05, 4.69) is 18.8 Å². The minimum atomic E-state index is -0.791. The van der Waals surface area contributed by atoms with Crippen molar-refractivity contribution in [1.29, 1.82) is 0 Å². The highest BCUT2D eigenvalue weighted by Crippen LogP contribution is 2.44. The van der Waals surface area contributed by atoms with Crippen LogP contribution in [0.2, 0.25) is 0 Å². The van der Waals surface area contributed by atoms with Crippen molar-refractivity contribution in [2.24, 2.45) is 5.92 Å². The van der Waals surface area contributed by atoms with Crippen molar-refractivity contribution >= 4 is 34.0 Å². The molecule has 1 fully saturated rings. The highest BCUT2D eigenvalue weighted by atomic mass is 16.5. The van der Waals surface area contributed by atoms with E-state index >= 15 is 0 Å². The number of amides is 1. The molecule has 3 aromatic carbocycles. The Kier molecular flexibility index (Phi) is 6.10. The van der Waals surface area contributed by atoms with Gasteiger partial charge in [-0.15, -0.1) is 0 Å². The van der Waals surface area contributed by atoms with Gasteiger partial charge in [-0.1, -0.05) is 50.2 Å². The summed E-state index contributed by atoms with van der Waals surface area (Å²) >= 11 is 0. The number of nitrogens with one attached hydrogen (secondary N) is 1. The van der Waals surface area contributed by atoms with Crippen molar-refractivity contribution in [2.75, 3.05) is 11.5 Å². The predicted molar refractivity (Wildman–Crippen MR) is 141 cm³/mol. The van der Waals surface area contributed by atoms with Gasteiger partial charge in [0.05, 0.1) is 18.2 Å². The molecule has 0 aliphatic carbocycles. The van der Waals surface area contributed by atoms with Crippen LogP contribution in [0.3, 0.4) is 0 Å². The lowest BCUT2D eigenvalue weighted by Crippen LogP contribution is -2.29. The molecular weight excluding hydrogens is 452 g/mol. The van der Waals surface area contributed by atoms with Crippen LogP contribution in [0.5, 0.6) is 5.75 Å². The molecule has 0 radical (unpaired) electrons. The Labute approximate surface area is 209 Å². The number of ether oxygens (including phenoxy) is 1. The van der Waals surface area contributed by atoms with Gasteiger partial charge in [-0.3, -0.25) is 14.5 Å². The Balaban J connectivity index is 1.67. The number of aromatic amines is 1. The minimum absolute atomic E-state index is 0.0591. The third-order valence-corrected chi connectivity index (χ3v) is 6.42. The first-order valence-corrected chi connectivity index (χ1v) is 12.0. The van der Waals surface area contributed by atoms with E-state index in [1.54, 1.807) is 36.5 Å². The molecule has 6 nitrogen and oxygen atoms in total. The van der Waals surface area contributed by atoms with Crippen molar-refractivity contribution in [3.8, 4) is 5.75 Å². The molecule has 1 unspecified atom stereocenters. The van der Waals surface area contributed by atoms with Gasteiger partial charge in [-0.2, -0.15) is 0 Å². The van der Waals surface area contributed by atoms with E-state index in [9.17, 15) is 14.7 Å². The predicted octanol–water partition coefficient (Wildman–Crippen LogP) is 6.14. The van der Waals surface area contributed by atoms with Crippen LogP contribution in [-0.2, 0) is 9.59 Å². The number of carbonyl (C=O) groups excluding carboxylic acids is 2. The second kappa shape index (κ2) is 9.38. The van der Waals surface area contributed by atoms with Gasteiger partial charge in [0.2, 0.25) is 0 Å². The standard InChI is InChI=1S/C30H28N2O4/c1-18(2)17-36-25-14-13-20(15-19(25)3)28(33)26-27(23-16-31-24-12-8-7-11-22(23)24)32(30(35)29(26)34)21-9-5-4-6-10-21/h4-16,18,27,31,33H,17H2,1-3H3/b28-26+. The van der Waals surface area contributed by atoms with Crippen molar-refractivity contribution in [3.63, 3.8) is 0 Å². The average molecular weight is 481 g/mol. The summed E-state index contributed by atoms with van der Waals surface area (Å²) in [6.45, 7) is 6.62. The first kappa shape index (κ1) is 23.4. The van der Waals surface area contributed by atoms with Crippen molar-refractivity contribution in [3.05, 3.63) is 101 Å². The number of anilines is 1. The molecule has 0 bridgehead atoms. The Morgan fingerprint density at radius 3 is 2.47 bits per heavy atom. The Bertz CT molecular complexity index is 1480. The number of Topliss-reactive ketones (excluding diaryl/α,β-unsaturated/α-hetero) is 1. The van der Waals surface area contributed by atoms with Crippen LogP contribution >= 0.6 is 0 Å². The number of nitrogens with zero attached hydrogens (tertiary/aromatic N) is 1. The number of H-pyrrole nitrogens is 1. The fraction of sp³-hybridized carbons (Fsp3) is 0.200. The smallest absolute Gasteiger partial charge is 0.300 e. The lowest BCUT2D eigenvalue weighted by molar-refractivity contribution is -0.132. The largest absolute Gasteiger partial charge is 0.507 e. The molecule has 36 heavy (non-hydrogen) atoms. The van der Waals surface area contributed by atoms with Crippen molar-refractivity contribution < 1.29 is 19.4 Å². The Hall–Kier alpha value is -4.32. The monoisotopic (exact) mass is 480 g/mol. The zero-order valence-electron chi connectivity index (χ0n) is 20.5. The molecule has 5 rings (SSSR count). The number of aliphatic hydroxyl groups is 1. The van der Waals surface area contributed by atoms with Gasteiger partial charge >= 0.3 is 0 Å². The quantitative estimate of drug-likeness (QED) is 0.197. The van der Waals surface area contributed by atoms with E-state index in [-0.39, 0.29) is 11.3 Å². The molecule has 1 aliphatic heterocycles. The SMILES string of the molecule is Cc1cc(/C(O)=C2\C(=O)C(=O)N(c3ccccc3)C2c2c[nH]c3ccccc23)ccc1OCC(C)C. The summed E-state index contributed by atoms with van der Waals surface area (Å²) in [6, 6.07) is 21.3. The Morgan fingerprint density at radius 1 is 1.03 bits per heavy atom. The zero-order chi connectivity index (χ0) is 25.4. The number of carbonyl (C=O) groups is 2. The number of hydrogen-bond acceptors (Lipinski definition) is 4. The summed E-state index contributed by atoms with van der Waals surface area (Å²) in [5.74, 6) is -0.502. The number of fused-ring (bicyclic) bond motifs is 1. The van der Waals surface area contributed by atoms with Gasteiger partial charge in [0.25, 0.3) is 11.7 Å². The van der Waals surface area contributed by atoms with Gasteiger partial charge < -0.3 is 14.8 Å². The lowest BCUT2D eigenvalue weighted by Gasteiger charge is -2.25. The highest BCUT2D eigenvalue weighted by Gasteiger charge is 2.47. The molecule has 2 N–H and O–H groups in total. The fourth-order valence-corrected chi connectivity index (χ4v) is 4.67. The van der Waals surface area contributed by atoms with Crippen molar-refractivity contribution in [1.82, 2.24) is 4.98 Å². The maximum atomic E-state index is 13.4. The highest BCUT2D eigenvalue weighted by molar-refractivity contribution is 6.51. The number of rotatable bonds is 6. The maximum Gasteiger partial charge on any atom is 0.300 e. The number of aromatic nitrogens is 1. The number of hydrogen-bond donors (Lipinski definition) is 2. The fourth-order valence-electron chi connectivity index (χ4n) is 4.67. The number of aryl methyl sites for hydroxylation is 1. The molecule has 1 aliphatic rings. The molecule has 1 atom stereocenters. The van der Waals surface area contributed by atoms with Crippen LogP contribution in [0.15, 0.2) is 84.6 Å². The molecular formula is C30H28N2O4. The van der Waals surface area contributed by atoms with E-state index in [4.69, 9.17) is 4.74 Å². The van der Waals surface area contributed by atoms with Crippen LogP contribution in [0.4, 0.5) is 5.69 Å². The molecule has 6 heteroatoms. The van der Waals surface area contributed by atoms with Crippen molar-refractivity contribution in [2.45, 2.75) is 26.8 Å². The minimum Gasteiger partial charge on any atom is -0.507 e. The normalized spacial score (nSPS) is 17.3. The summed E-state index contributed by atoms with van der Waals surface area (Å²) in [5.41, 5.74) is 3.56. The first-order valence-electron chi connectivity index (χ1n) is 12.0. The third-order valence-electron chi connectivity index (χ3n) is 6.42. The molecule has 0 saturated carbocycles. The van der Waals surface area contributed by atoms with Crippen LogP contribution in [-0.4, -0.2) is 28.4 Å². The lowest BCUT2D eigenvalue weighted by atomic mass is 9.94. The number of aliphatic hydroxyl groups excluding tert-OH is 1. The number of para-hydroxylation sites is 2. The van der Waals surface area contributed by atoms with Gasteiger partial charge in [0, 0.05) is 33.9 Å². The number of benzene rings is 3. The average Bonchev–Trinajstić information content (AvgIpc) is 3.41. The van der Waals surface area contributed by atoms with Crippen LogP contribution in [0.1, 0.15) is 36.6 Å². The van der Waals surface area contributed by atoms with Gasteiger partial charge in [0.15, 0.2) is 0 Å². The third kappa shape index (κ3) is 4.05. The Morgan fingerprint density at radius 2 is 1.75 bits per heavy atom. The summed E-state index contributed by atoms with van der Waals surface area (Å²) in [6.07, 6.45) is 1.80. The van der Waals surface area contributed by atoms with Crippen LogP contribution < -0.4 is 9.64 Å². The molecule has 1 amide bonds. The van der Waals surface area contributed by atoms with E-state index in [1.807, 2.05) is 49.4 Å².